The molecule has 0 aromatic heterocycles. The molecule has 2 saturated heterocycles. The van der Waals surface area contributed by atoms with Crippen molar-refractivity contribution in [3.05, 3.63) is 30.3 Å². The van der Waals surface area contributed by atoms with Gasteiger partial charge in [0.05, 0.1) is 18.2 Å². The maximum atomic E-state index is 13.8. The van der Waals surface area contributed by atoms with Gasteiger partial charge in [-0.3, -0.25) is 9.32 Å². The number of nitriles is 1. The molecule has 3 rings (SSSR count). The first-order chi connectivity index (χ1) is 16.6. The van der Waals surface area contributed by atoms with Crippen molar-refractivity contribution in [2.45, 2.75) is 76.4 Å². The van der Waals surface area contributed by atoms with Gasteiger partial charge in [0.15, 0.2) is 5.79 Å². The molecule has 0 saturated carbocycles. The second kappa shape index (κ2) is 12.3. The Kier molecular flexibility index (Phi) is 10.9. The zero-order chi connectivity index (χ0) is 26.9. The van der Waals surface area contributed by atoms with E-state index in [2.05, 4.69) is 5.09 Å². The number of esters is 1. The van der Waals surface area contributed by atoms with Crippen LogP contribution in [0.25, 0.3) is 0 Å². The number of nitrogens with zero attached hydrogens (tertiary/aromatic N) is 1. The standard InChI is InChI=1S/C21H28BF3N2O8P.K/c1-13(2)31-19(28)14(3)27-36(29,35-15-9-7-6-8-10-15)30-12-21(11-26)17-16(32-20(4,5)33-17)18(34-21)22(23,24)25;/h6-10,13-14,16-18H,12H2,1-5H3,(H,27,29);/q-1;+1/t14-,16+,17-,18+,21+,36-;/m0./s1. The van der Waals surface area contributed by atoms with Crippen LogP contribution < -0.4 is 61.0 Å². The smallest absolute Gasteiger partial charge is 0.462 e. The Morgan fingerprint density at radius 1 is 1.19 bits per heavy atom. The zero-order valence-corrected chi connectivity index (χ0v) is 25.4. The van der Waals surface area contributed by atoms with Gasteiger partial charge in [-0.25, -0.2) is 4.57 Å². The van der Waals surface area contributed by atoms with E-state index in [0.29, 0.717) is 0 Å². The maximum absolute atomic E-state index is 13.8. The summed E-state index contributed by atoms with van der Waals surface area (Å²) in [5.41, 5.74) is -2.33. The van der Waals surface area contributed by atoms with Crippen molar-refractivity contribution in [3.63, 3.8) is 0 Å². The fraction of sp³-hybridized carbons (Fsp3) is 0.619. The van der Waals surface area contributed by atoms with Gasteiger partial charge in [-0.1, -0.05) is 18.2 Å². The molecule has 200 valence electrons. The Labute approximate surface area is 255 Å². The number of fused-ring (bicyclic) bond motifs is 1. The molecule has 10 nitrogen and oxygen atoms in total. The number of halogens is 3. The average Bonchev–Trinajstić information content (AvgIpc) is 3.23. The third-order valence-corrected chi connectivity index (χ3v) is 6.92. The first kappa shape index (κ1) is 32.7. The third-order valence-electron chi connectivity index (χ3n) is 5.30. The minimum atomic E-state index is -5.60. The van der Waals surface area contributed by atoms with E-state index in [1.54, 1.807) is 38.1 Å². The minimum absolute atomic E-state index is 0. The van der Waals surface area contributed by atoms with E-state index in [4.69, 9.17) is 28.0 Å². The van der Waals surface area contributed by atoms with E-state index in [0.717, 1.165) is 0 Å². The van der Waals surface area contributed by atoms with Crippen molar-refractivity contribution in [2.75, 3.05) is 6.61 Å². The van der Waals surface area contributed by atoms with Gasteiger partial charge in [0, 0.05) is 0 Å². The molecule has 0 aliphatic carbocycles. The molecular weight excluding hydrogens is 546 g/mol. The molecule has 6 atom stereocenters. The molecule has 16 heteroatoms. The summed E-state index contributed by atoms with van der Waals surface area (Å²) in [4.78, 5) is 12.3. The van der Waals surface area contributed by atoms with E-state index >= 15 is 0 Å². The second-order valence-electron chi connectivity index (χ2n) is 9.24. The summed E-state index contributed by atoms with van der Waals surface area (Å²) in [6.07, 6.45) is -3.60. The molecule has 0 bridgehead atoms. The first-order valence-electron chi connectivity index (χ1n) is 11.2. The molecule has 2 aliphatic heterocycles. The van der Waals surface area contributed by atoms with Gasteiger partial charge in [0.1, 0.15) is 30.6 Å². The molecule has 37 heavy (non-hydrogen) atoms. The van der Waals surface area contributed by atoms with Crippen LogP contribution >= 0.6 is 7.75 Å². The molecule has 2 aliphatic rings. The first-order valence-corrected chi connectivity index (χ1v) is 12.8. The Morgan fingerprint density at radius 2 is 1.81 bits per heavy atom. The number of para-hydroxylation sites is 1. The Hall–Kier alpha value is -0.499. The van der Waals surface area contributed by atoms with Gasteiger partial charge in [-0.05, 0) is 46.8 Å². The number of benzene rings is 1. The summed E-state index contributed by atoms with van der Waals surface area (Å²) in [7, 11) is -4.49. The van der Waals surface area contributed by atoms with E-state index in [1.807, 2.05) is 0 Å². The molecule has 1 aromatic rings. The number of hydrogen-bond acceptors (Lipinski definition) is 9. The number of nitrogens with one attached hydrogen (secondary N) is 1. The minimum Gasteiger partial charge on any atom is -0.462 e. The largest absolute Gasteiger partial charge is 1.00 e. The zero-order valence-electron chi connectivity index (χ0n) is 21.4. The number of carbonyl (C=O) groups excluding carboxylic acids is 1. The number of carbonyl (C=O) groups is 1. The van der Waals surface area contributed by atoms with Crippen LogP contribution in [0.1, 0.15) is 34.6 Å². The van der Waals surface area contributed by atoms with Crippen LogP contribution in [0.3, 0.4) is 0 Å². The van der Waals surface area contributed by atoms with Crippen molar-refractivity contribution < 1.29 is 102 Å². The van der Waals surface area contributed by atoms with Gasteiger partial charge in [-0.2, -0.15) is 10.3 Å². The second-order valence-corrected chi connectivity index (χ2v) is 10.9. The predicted octanol–water partition coefficient (Wildman–Crippen LogP) is 0.692. The summed E-state index contributed by atoms with van der Waals surface area (Å²) in [6.45, 7) is 0.841. The quantitative estimate of drug-likeness (QED) is 0.243. The van der Waals surface area contributed by atoms with E-state index in [9.17, 15) is 27.6 Å². The van der Waals surface area contributed by atoms with Gasteiger partial charge in [0.25, 0.3) is 0 Å². The van der Waals surface area contributed by atoms with E-state index in [-0.39, 0.29) is 57.1 Å². The Bertz CT molecular complexity index is 1040. The number of hydrogen-bond donors (Lipinski definition) is 1. The van der Waals surface area contributed by atoms with E-state index < -0.39 is 69.0 Å². The molecule has 1 aromatic carbocycles. The molecule has 2 heterocycles. The third kappa shape index (κ3) is 8.02. The average molecular weight is 574 g/mol. The monoisotopic (exact) mass is 574 g/mol. The molecule has 1 N–H and O–H groups in total. The number of rotatable bonds is 10. The molecule has 0 spiro atoms. The van der Waals surface area contributed by atoms with Crippen molar-refractivity contribution in [1.29, 1.82) is 5.26 Å². The van der Waals surface area contributed by atoms with Crippen LogP contribution in [0.4, 0.5) is 12.9 Å². The predicted molar refractivity (Wildman–Crippen MR) is 121 cm³/mol. The Balaban J connectivity index is 0.00000481. The van der Waals surface area contributed by atoms with Crippen LogP contribution in [0.5, 0.6) is 5.75 Å². The van der Waals surface area contributed by atoms with Crippen LogP contribution in [-0.4, -0.2) is 61.3 Å². The summed E-state index contributed by atoms with van der Waals surface area (Å²) in [5, 5.41) is 12.3. The fourth-order valence-electron chi connectivity index (χ4n) is 3.81. The van der Waals surface area contributed by atoms with Crippen molar-refractivity contribution >= 4 is 20.7 Å². The molecular formula is C21H28BF3KN2O8P. The summed E-state index contributed by atoms with van der Waals surface area (Å²) < 4.78 is 87.1. The normalized spacial score (nSPS) is 28.9. The molecule has 0 unspecified atom stereocenters. The molecule has 0 radical (unpaired) electrons. The van der Waals surface area contributed by atoms with Gasteiger partial charge in [0.2, 0.25) is 5.60 Å². The fourth-order valence-corrected chi connectivity index (χ4v) is 5.33. The van der Waals surface area contributed by atoms with Crippen LogP contribution in [-0.2, 0) is 32.8 Å². The van der Waals surface area contributed by atoms with Crippen LogP contribution in [0.2, 0.25) is 0 Å². The molecule has 2 fully saturated rings. The van der Waals surface area contributed by atoms with Gasteiger partial charge >= 0.3 is 72.1 Å². The van der Waals surface area contributed by atoms with Crippen LogP contribution in [0, 0.1) is 11.3 Å². The maximum Gasteiger partial charge on any atom is 1.00 e. The molecule has 0 amide bonds. The van der Waals surface area contributed by atoms with Crippen molar-refractivity contribution in [3.8, 4) is 11.8 Å². The summed E-state index contributed by atoms with van der Waals surface area (Å²) in [5.74, 6) is -2.13. The Morgan fingerprint density at radius 3 is 2.35 bits per heavy atom. The van der Waals surface area contributed by atoms with Crippen molar-refractivity contribution in [1.82, 2.24) is 5.09 Å². The SMILES string of the molecule is CC(C)OC(=O)[C@H](C)N[P@](=O)(OC[C@@]1(C#N)O[C@@H]([B-](F)(F)F)[C@@H]2OC(C)(C)O[C@@H]21)Oc1ccccc1.[K+]. The van der Waals surface area contributed by atoms with Gasteiger partial charge < -0.3 is 36.4 Å². The van der Waals surface area contributed by atoms with Crippen LogP contribution in [0.15, 0.2) is 30.3 Å². The number of ether oxygens (including phenoxy) is 4. The van der Waals surface area contributed by atoms with Gasteiger partial charge in [-0.15, -0.1) is 0 Å². The topological polar surface area (TPSA) is 125 Å². The summed E-state index contributed by atoms with van der Waals surface area (Å²) in [6, 6.07) is 5.80. The van der Waals surface area contributed by atoms with E-state index in [1.165, 1.54) is 32.9 Å². The van der Waals surface area contributed by atoms with Crippen molar-refractivity contribution in [2.24, 2.45) is 0 Å². The summed E-state index contributed by atoms with van der Waals surface area (Å²) >= 11 is 0.